The van der Waals surface area contributed by atoms with Crippen LogP contribution in [0.1, 0.15) is 26.2 Å². The molecule has 0 aromatic heterocycles. The van der Waals surface area contributed by atoms with Crippen molar-refractivity contribution in [2.24, 2.45) is 11.5 Å². The van der Waals surface area contributed by atoms with Crippen LogP contribution in [-0.4, -0.2) is 70.5 Å². The molecule has 10 nitrogen and oxygen atoms in total. The zero-order valence-corrected chi connectivity index (χ0v) is 13.1. The van der Waals surface area contributed by atoms with Crippen molar-refractivity contribution in [1.82, 2.24) is 10.6 Å². The van der Waals surface area contributed by atoms with Crippen LogP contribution in [0.25, 0.3) is 0 Å². The number of carboxylic acids is 1. The number of carbonyl (C=O) groups excluding carboxylic acids is 2. The van der Waals surface area contributed by atoms with E-state index in [0.29, 0.717) is 25.8 Å². The Balaban J connectivity index is 4.69. The molecule has 0 heterocycles. The van der Waals surface area contributed by atoms with E-state index >= 15 is 0 Å². The van der Waals surface area contributed by atoms with Gasteiger partial charge in [0.25, 0.3) is 0 Å². The van der Waals surface area contributed by atoms with Crippen LogP contribution in [0.15, 0.2) is 0 Å². The third kappa shape index (κ3) is 7.88. The maximum absolute atomic E-state index is 12.0. The number of nitrogens with one attached hydrogen (secondary N) is 2. The summed E-state index contributed by atoms with van der Waals surface area (Å²) in [6.45, 7) is 0.921. The molecule has 0 aliphatic carbocycles. The molecule has 4 atom stereocenters. The molecule has 0 fully saturated rings. The summed E-state index contributed by atoms with van der Waals surface area (Å²) in [6, 6.07) is -3.78. The van der Waals surface area contributed by atoms with Crippen molar-refractivity contribution >= 4 is 17.8 Å². The van der Waals surface area contributed by atoms with E-state index in [2.05, 4.69) is 5.32 Å². The molecular weight excluding hydrogens is 308 g/mol. The molecule has 0 rings (SSSR count). The molecule has 0 aromatic rings. The topological polar surface area (TPSA) is 188 Å². The van der Waals surface area contributed by atoms with Crippen molar-refractivity contribution < 1.29 is 29.7 Å². The zero-order valence-electron chi connectivity index (χ0n) is 13.1. The van der Waals surface area contributed by atoms with Gasteiger partial charge in [0.1, 0.15) is 12.1 Å². The van der Waals surface area contributed by atoms with Crippen molar-refractivity contribution in [2.45, 2.75) is 50.4 Å². The summed E-state index contributed by atoms with van der Waals surface area (Å²) in [5.41, 5.74) is 11.0. The first-order valence-corrected chi connectivity index (χ1v) is 7.32. The maximum atomic E-state index is 12.0. The highest BCUT2D eigenvalue weighted by molar-refractivity contribution is 5.92. The second kappa shape index (κ2) is 10.9. The first kappa shape index (κ1) is 21.2. The Bertz CT molecular complexity index is 404. The molecule has 0 aliphatic heterocycles. The van der Waals surface area contributed by atoms with E-state index in [1.165, 1.54) is 6.92 Å². The summed E-state index contributed by atoms with van der Waals surface area (Å²) in [5, 5.41) is 31.6. The molecule has 23 heavy (non-hydrogen) atoms. The van der Waals surface area contributed by atoms with Gasteiger partial charge in [-0.15, -0.1) is 0 Å². The highest BCUT2D eigenvalue weighted by Gasteiger charge is 2.30. The fourth-order valence-corrected chi connectivity index (χ4v) is 1.75. The van der Waals surface area contributed by atoms with Crippen molar-refractivity contribution in [3.63, 3.8) is 0 Å². The third-order valence-electron chi connectivity index (χ3n) is 3.17. The number of aliphatic hydroxyl groups is 2. The second-order valence-corrected chi connectivity index (χ2v) is 5.20. The van der Waals surface area contributed by atoms with Gasteiger partial charge in [-0.2, -0.15) is 0 Å². The lowest BCUT2D eigenvalue weighted by Gasteiger charge is -2.24. The minimum absolute atomic E-state index is 0.367. The molecule has 4 unspecified atom stereocenters. The van der Waals surface area contributed by atoms with Gasteiger partial charge < -0.3 is 37.4 Å². The summed E-state index contributed by atoms with van der Waals surface area (Å²) in [7, 11) is 0. The summed E-state index contributed by atoms with van der Waals surface area (Å²) < 4.78 is 0. The lowest BCUT2D eigenvalue weighted by atomic mass is 10.1. The van der Waals surface area contributed by atoms with E-state index in [-0.39, 0.29) is 0 Å². The molecule has 0 aliphatic rings. The Labute approximate surface area is 134 Å². The smallest absolute Gasteiger partial charge is 0.328 e. The van der Waals surface area contributed by atoms with Crippen molar-refractivity contribution in [3.05, 3.63) is 0 Å². The van der Waals surface area contributed by atoms with Gasteiger partial charge in [-0.3, -0.25) is 9.59 Å². The summed E-state index contributed by atoms with van der Waals surface area (Å²) >= 11 is 0. The van der Waals surface area contributed by atoms with E-state index in [4.69, 9.17) is 21.7 Å². The van der Waals surface area contributed by atoms with Crippen molar-refractivity contribution in [3.8, 4) is 0 Å². The number of hydrogen-bond donors (Lipinski definition) is 7. The Hall–Kier alpha value is -1.75. The zero-order chi connectivity index (χ0) is 18.0. The number of aliphatic hydroxyl groups excluding tert-OH is 2. The number of carboxylic acid groups (broad SMARTS) is 1. The predicted octanol–water partition coefficient (Wildman–Crippen LogP) is -3.13. The molecule has 0 radical (unpaired) electrons. The average Bonchev–Trinajstić information content (AvgIpc) is 2.48. The number of hydrogen-bond acceptors (Lipinski definition) is 7. The molecule has 134 valence electrons. The fourth-order valence-electron chi connectivity index (χ4n) is 1.75. The number of carbonyl (C=O) groups is 3. The van der Waals surface area contributed by atoms with Crippen LogP contribution in [0, 0.1) is 0 Å². The largest absolute Gasteiger partial charge is 0.480 e. The van der Waals surface area contributed by atoms with Crippen molar-refractivity contribution in [2.75, 3.05) is 13.2 Å². The van der Waals surface area contributed by atoms with Gasteiger partial charge in [0.05, 0.1) is 18.8 Å². The quantitative estimate of drug-likeness (QED) is 0.193. The standard InChI is InChI=1S/C13H26N4O6/c1-7(19)10(12(21)16-9(6-18)13(22)23)17-11(20)8(15)4-2-3-5-14/h7-10,18-19H,2-6,14-15H2,1H3,(H,16,21)(H,17,20)(H,22,23). The summed E-state index contributed by atoms with van der Waals surface area (Å²) in [4.78, 5) is 34.7. The number of nitrogens with two attached hydrogens (primary N) is 2. The Morgan fingerprint density at radius 3 is 2.17 bits per heavy atom. The van der Waals surface area contributed by atoms with Gasteiger partial charge in [-0.05, 0) is 26.3 Å². The van der Waals surface area contributed by atoms with Gasteiger partial charge in [0.2, 0.25) is 11.8 Å². The number of amides is 2. The number of aliphatic carboxylic acids is 1. The normalized spacial score (nSPS) is 16.0. The molecule has 9 N–H and O–H groups in total. The molecule has 0 saturated heterocycles. The van der Waals surface area contributed by atoms with Crippen LogP contribution in [0.5, 0.6) is 0 Å². The Morgan fingerprint density at radius 2 is 1.74 bits per heavy atom. The predicted molar refractivity (Wildman–Crippen MR) is 81.1 cm³/mol. The summed E-state index contributed by atoms with van der Waals surface area (Å²) in [5.74, 6) is -3.00. The van der Waals surface area contributed by atoms with E-state index in [1.807, 2.05) is 5.32 Å². The first-order chi connectivity index (χ1) is 10.7. The van der Waals surface area contributed by atoms with Crippen LogP contribution in [0.4, 0.5) is 0 Å². The fraction of sp³-hybridized carbons (Fsp3) is 0.769. The monoisotopic (exact) mass is 334 g/mol. The van der Waals surface area contributed by atoms with Crippen LogP contribution in [0.3, 0.4) is 0 Å². The van der Waals surface area contributed by atoms with Gasteiger partial charge in [0, 0.05) is 0 Å². The van der Waals surface area contributed by atoms with E-state index in [1.54, 1.807) is 0 Å². The first-order valence-electron chi connectivity index (χ1n) is 7.32. The van der Waals surface area contributed by atoms with Gasteiger partial charge in [0.15, 0.2) is 0 Å². The maximum Gasteiger partial charge on any atom is 0.328 e. The number of unbranched alkanes of at least 4 members (excludes halogenated alkanes) is 1. The average molecular weight is 334 g/mol. The lowest BCUT2D eigenvalue weighted by molar-refractivity contribution is -0.144. The van der Waals surface area contributed by atoms with E-state index in [0.717, 1.165) is 0 Å². The molecule has 0 saturated carbocycles. The summed E-state index contributed by atoms with van der Waals surface area (Å²) in [6.07, 6.45) is 0.439. The molecular formula is C13H26N4O6. The molecule has 2 amide bonds. The minimum atomic E-state index is -1.53. The van der Waals surface area contributed by atoms with Gasteiger partial charge in [-0.25, -0.2) is 4.79 Å². The molecule has 0 spiro atoms. The van der Waals surface area contributed by atoms with E-state index < -0.39 is 48.6 Å². The van der Waals surface area contributed by atoms with Crippen molar-refractivity contribution in [1.29, 1.82) is 0 Å². The highest BCUT2D eigenvalue weighted by atomic mass is 16.4. The van der Waals surface area contributed by atoms with Crippen LogP contribution >= 0.6 is 0 Å². The highest BCUT2D eigenvalue weighted by Crippen LogP contribution is 2.01. The van der Waals surface area contributed by atoms with Gasteiger partial charge >= 0.3 is 5.97 Å². The SMILES string of the molecule is CC(O)C(NC(=O)C(N)CCCCN)C(=O)NC(CO)C(=O)O. The Morgan fingerprint density at radius 1 is 1.13 bits per heavy atom. The minimum Gasteiger partial charge on any atom is -0.480 e. The Kier molecular flexibility index (Phi) is 10.1. The van der Waals surface area contributed by atoms with Crippen LogP contribution in [0.2, 0.25) is 0 Å². The van der Waals surface area contributed by atoms with Crippen LogP contribution in [-0.2, 0) is 14.4 Å². The third-order valence-corrected chi connectivity index (χ3v) is 3.17. The molecule has 0 aromatic carbocycles. The molecule has 10 heteroatoms. The van der Waals surface area contributed by atoms with E-state index in [9.17, 15) is 19.5 Å². The second-order valence-electron chi connectivity index (χ2n) is 5.20. The van der Waals surface area contributed by atoms with Crippen LogP contribution < -0.4 is 22.1 Å². The lowest BCUT2D eigenvalue weighted by Crippen LogP contribution is -2.58. The number of rotatable bonds is 11. The van der Waals surface area contributed by atoms with Gasteiger partial charge in [-0.1, -0.05) is 6.42 Å². The molecule has 0 bridgehead atoms.